The molecule has 1 saturated heterocycles. The van der Waals surface area contributed by atoms with Crippen molar-refractivity contribution in [2.45, 2.75) is 69.7 Å². The van der Waals surface area contributed by atoms with Crippen molar-refractivity contribution >= 4 is 46.2 Å². The zero-order chi connectivity index (χ0) is 24.0. The van der Waals surface area contributed by atoms with Crippen molar-refractivity contribution in [2.75, 3.05) is 13.3 Å². The number of benzene rings is 1. The zero-order valence-corrected chi connectivity index (χ0v) is 21.6. The molecular weight excluding hydrogens is 480 g/mol. The number of carbonyl (C=O) groups excluding carboxylic acids is 2. The predicted octanol–water partition coefficient (Wildman–Crippen LogP) is 5.26. The van der Waals surface area contributed by atoms with E-state index in [1.165, 1.54) is 50.3 Å². The fourth-order valence-electron chi connectivity index (χ4n) is 7.20. The van der Waals surface area contributed by atoms with Gasteiger partial charge >= 0.3 is 0 Å². The van der Waals surface area contributed by atoms with E-state index in [0.717, 1.165) is 48.3 Å². The Hall–Kier alpha value is -2.06. The Morgan fingerprint density at radius 3 is 2.54 bits per heavy atom. The van der Waals surface area contributed by atoms with E-state index in [4.69, 9.17) is 21.7 Å². The van der Waals surface area contributed by atoms with Gasteiger partial charge in [-0.05, 0) is 92.9 Å². The van der Waals surface area contributed by atoms with Crippen molar-refractivity contribution in [3.05, 3.63) is 28.7 Å². The predicted molar refractivity (Wildman–Crippen MR) is 140 cm³/mol. The monoisotopic (exact) mass is 512 g/mol. The number of carbonyl (C=O) groups is 2. The molecule has 6 aliphatic rings. The number of unbranched alkanes of at least 4 members (excludes halogenated alkanes) is 2. The normalized spacial score (nSPS) is 31.6. The van der Waals surface area contributed by atoms with E-state index >= 15 is 0 Å². The molecule has 0 radical (unpaired) electrons. The quantitative estimate of drug-likeness (QED) is 0.291. The molecule has 186 valence electrons. The van der Waals surface area contributed by atoms with Crippen LogP contribution in [0.4, 0.5) is 0 Å². The first-order valence-electron chi connectivity index (χ1n) is 12.9. The van der Waals surface area contributed by atoms with E-state index in [0.29, 0.717) is 27.9 Å². The molecule has 4 aliphatic carbocycles. The zero-order valence-electron chi connectivity index (χ0n) is 19.9. The number of hydrogen-bond donors (Lipinski definition) is 1. The molecule has 1 aromatic carbocycles. The minimum absolute atomic E-state index is 0.0442. The van der Waals surface area contributed by atoms with E-state index in [2.05, 4.69) is 5.32 Å². The number of thiocarbonyl (C=S) groups is 1. The van der Waals surface area contributed by atoms with Gasteiger partial charge in [-0.15, -0.1) is 0 Å². The van der Waals surface area contributed by atoms with Crippen molar-refractivity contribution in [1.29, 1.82) is 0 Å². The minimum atomic E-state index is -0.0442. The Morgan fingerprint density at radius 2 is 1.80 bits per heavy atom. The molecule has 6 nitrogen and oxygen atoms in total. The van der Waals surface area contributed by atoms with E-state index < -0.39 is 0 Å². The van der Waals surface area contributed by atoms with Crippen LogP contribution in [-0.2, 0) is 9.59 Å². The molecule has 2 heterocycles. The number of nitrogens with zero attached hydrogens (tertiary/aromatic N) is 1. The second-order valence-corrected chi connectivity index (χ2v) is 12.7. The number of rotatable bonds is 8. The molecule has 2 aliphatic heterocycles. The van der Waals surface area contributed by atoms with Gasteiger partial charge in [0.25, 0.3) is 5.91 Å². The smallest absolute Gasteiger partial charge is 0.266 e. The first-order valence-corrected chi connectivity index (χ1v) is 14.1. The Morgan fingerprint density at radius 1 is 1.09 bits per heavy atom. The van der Waals surface area contributed by atoms with E-state index in [9.17, 15) is 9.59 Å². The highest BCUT2D eigenvalue weighted by molar-refractivity contribution is 8.26. The summed E-state index contributed by atoms with van der Waals surface area (Å²) in [6.07, 6.45) is 12.8. The fourth-order valence-corrected chi connectivity index (χ4v) is 8.51. The van der Waals surface area contributed by atoms with Gasteiger partial charge in [0.05, 0.1) is 4.91 Å². The van der Waals surface area contributed by atoms with Crippen molar-refractivity contribution < 1.29 is 19.1 Å². The second-order valence-electron chi connectivity index (χ2n) is 11.0. The summed E-state index contributed by atoms with van der Waals surface area (Å²) in [5.41, 5.74) is 0.984. The van der Waals surface area contributed by atoms with Gasteiger partial charge in [0, 0.05) is 18.5 Å². The van der Waals surface area contributed by atoms with Gasteiger partial charge in [-0.2, -0.15) is 0 Å². The van der Waals surface area contributed by atoms with E-state index in [-0.39, 0.29) is 24.1 Å². The molecule has 2 amide bonds. The Kier molecular flexibility index (Phi) is 6.29. The molecule has 4 saturated carbocycles. The maximum Gasteiger partial charge on any atom is 0.266 e. The van der Waals surface area contributed by atoms with Crippen LogP contribution >= 0.6 is 24.0 Å². The summed E-state index contributed by atoms with van der Waals surface area (Å²) in [6, 6.07) is 5.64. The average molecular weight is 513 g/mol. The lowest BCUT2D eigenvalue weighted by Gasteiger charge is -2.56. The number of fused-ring (bicyclic) bond motifs is 1. The van der Waals surface area contributed by atoms with Gasteiger partial charge in [0.1, 0.15) is 4.32 Å². The first-order chi connectivity index (χ1) is 17.0. The third kappa shape index (κ3) is 4.84. The molecule has 4 bridgehead atoms. The summed E-state index contributed by atoms with van der Waals surface area (Å²) < 4.78 is 11.4. The Bertz CT molecular complexity index is 1050. The van der Waals surface area contributed by atoms with Gasteiger partial charge in [-0.25, -0.2) is 0 Å². The van der Waals surface area contributed by atoms with Crippen molar-refractivity contribution in [1.82, 2.24) is 10.2 Å². The molecule has 0 unspecified atom stereocenters. The standard InChI is InChI=1S/C27H32N2O4S2/c30-24(28-27-13-18-8-19(14-27)10-20(9-18)15-27)4-2-1-3-7-29-25(31)23(35-26(29)34)12-17-5-6-21-22(11-17)33-16-32-21/h5-6,11-12,18-20H,1-4,7-10,13-16H2,(H,28,30)/b23-12-. The van der Waals surface area contributed by atoms with Gasteiger partial charge in [0.2, 0.25) is 12.7 Å². The van der Waals surface area contributed by atoms with E-state index in [1.54, 1.807) is 4.90 Å². The first kappa shape index (κ1) is 23.3. The van der Waals surface area contributed by atoms with Gasteiger partial charge in [-0.3, -0.25) is 14.5 Å². The Balaban J connectivity index is 0.950. The molecule has 5 fully saturated rings. The number of ether oxygens (including phenoxy) is 2. The van der Waals surface area contributed by atoms with Crippen molar-refractivity contribution in [3.63, 3.8) is 0 Å². The maximum atomic E-state index is 12.9. The molecule has 0 atom stereocenters. The van der Waals surface area contributed by atoms with Gasteiger partial charge < -0.3 is 14.8 Å². The highest BCUT2D eigenvalue weighted by Gasteiger charge is 2.51. The highest BCUT2D eigenvalue weighted by atomic mass is 32.2. The van der Waals surface area contributed by atoms with Crippen molar-refractivity contribution in [2.24, 2.45) is 17.8 Å². The molecule has 7 rings (SSSR count). The second kappa shape index (κ2) is 9.43. The maximum absolute atomic E-state index is 12.9. The summed E-state index contributed by atoms with van der Waals surface area (Å²) in [5, 5.41) is 3.46. The lowest BCUT2D eigenvalue weighted by Crippen LogP contribution is -2.59. The number of nitrogens with one attached hydrogen (secondary N) is 1. The Labute approximate surface area is 216 Å². The summed E-state index contributed by atoms with van der Waals surface area (Å²) in [5.74, 6) is 4.10. The summed E-state index contributed by atoms with van der Waals surface area (Å²) >= 11 is 6.81. The molecule has 35 heavy (non-hydrogen) atoms. The summed E-state index contributed by atoms with van der Waals surface area (Å²) in [6.45, 7) is 0.824. The molecule has 0 spiro atoms. The molecule has 0 aromatic heterocycles. The molecule has 8 heteroatoms. The van der Waals surface area contributed by atoms with Crippen LogP contribution in [0.5, 0.6) is 11.5 Å². The third-order valence-electron chi connectivity index (χ3n) is 8.30. The summed E-state index contributed by atoms with van der Waals surface area (Å²) in [4.78, 5) is 27.9. The lowest BCUT2D eigenvalue weighted by molar-refractivity contribution is -0.127. The largest absolute Gasteiger partial charge is 0.454 e. The van der Waals surface area contributed by atoms with Crippen LogP contribution < -0.4 is 14.8 Å². The van der Waals surface area contributed by atoms with Crippen molar-refractivity contribution in [3.8, 4) is 11.5 Å². The van der Waals surface area contributed by atoms with E-state index in [1.807, 2.05) is 24.3 Å². The molecule has 1 aromatic rings. The van der Waals surface area contributed by atoms with Crippen LogP contribution in [0.3, 0.4) is 0 Å². The van der Waals surface area contributed by atoms with Gasteiger partial charge in [0.15, 0.2) is 11.5 Å². The van der Waals surface area contributed by atoms with Crippen LogP contribution in [0.1, 0.15) is 69.8 Å². The third-order valence-corrected chi connectivity index (χ3v) is 9.67. The highest BCUT2D eigenvalue weighted by Crippen LogP contribution is 2.55. The van der Waals surface area contributed by atoms with Crippen LogP contribution in [0.25, 0.3) is 6.08 Å². The summed E-state index contributed by atoms with van der Waals surface area (Å²) in [7, 11) is 0. The van der Waals surface area contributed by atoms with Crippen LogP contribution in [0.2, 0.25) is 0 Å². The molecule has 1 N–H and O–H groups in total. The fraction of sp³-hybridized carbons (Fsp3) is 0.593. The van der Waals surface area contributed by atoms with Crippen LogP contribution in [0.15, 0.2) is 23.1 Å². The SMILES string of the molecule is O=C(CCCCCN1C(=O)/C(=C/c2ccc3c(c2)OCO3)SC1=S)NC12CC3CC(CC(C3)C1)C2. The number of thioether (sulfide) groups is 1. The molecular formula is C27H32N2O4S2. The average Bonchev–Trinajstić information content (AvgIpc) is 3.36. The minimum Gasteiger partial charge on any atom is -0.454 e. The lowest BCUT2D eigenvalue weighted by atomic mass is 9.53. The number of hydrogen-bond acceptors (Lipinski definition) is 6. The van der Waals surface area contributed by atoms with Crippen LogP contribution in [0, 0.1) is 17.8 Å². The number of amides is 2. The van der Waals surface area contributed by atoms with Crippen LogP contribution in [-0.4, -0.2) is 39.9 Å². The topological polar surface area (TPSA) is 67.9 Å². The van der Waals surface area contributed by atoms with Gasteiger partial charge in [-0.1, -0.05) is 36.5 Å².